The maximum absolute atomic E-state index is 10.2. The molecule has 1 aromatic rings. The first-order chi connectivity index (χ1) is 4.79. The van der Waals surface area contributed by atoms with Gasteiger partial charge in [0.25, 0.3) is 0 Å². The van der Waals surface area contributed by atoms with E-state index in [0.29, 0.717) is 0 Å². The van der Waals surface area contributed by atoms with Gasteiger partial charge in [-0.15, -0.1) is 0 Å². The molecule has 0 unspecified atom stereocenters. The highest BCUT2D eigenvalue weighted by molar-refractivity contribution is 5.74. The minimum absolute atomic E-state index is 0.259. The van der Waals surface area contributed by atoms with E-state index in [1.165, 1.54) is 6.21 Å². The van der Waals surface area contributed by atoms with Crippen molar-refractivity contribution in [1.82, 2.24) is 4.98 Å². The second-order valence-electron chi connectivity index (χ2n) is 1.77. The lowest BCUT2D eigenvalue weighted by atomic mass is 10.3. The quantitative estimate of drug-likeness (QED) is 0.193. The van der Waals surface area contributed by atoms with Crippen molar-refractivity contribution in [1.29, 1.82) is 0 Å². The van der Waals surface area contributed by atoms with Crippen molar-refractivity contribution in [3.05, 3.63) is 35.3 Å². The second-order valence-corrected chi connectivity index (χ2v) is 1.77. The van der Waals surface area contributed by atoms with Gasteiger partial charge in [0.2, 0.25) is 6.21 Å². The number of nitrogens with zero attached hydrogens (tertiary/aromatic N) is 2. The van der Waals surface area contributed by atoms with Crippen LogP contribution in [-0.2, 0) is 0 Å². The Hall–Kier alpha value is -1.58. The van der Waals surface area contributed by atoms with Gasteiger partial charge in [-0.2, -0.15) is 5.84 Å². The Morgan fingerprint density at radius 1 is 1.50 bits per heavy atom. The van der Waals surface area contributed by atoms with E-state index in [4.69, 9.17) is 5.84 Å². The molecular weight excluding hydrogens is 130 g/mol. The van der Waals surface area contributed by atoms with Crippen molar-refractivity contribution < 1.29 is 4.85 Å². The Bertz CT molecular complexity index is 228. The molecule has 1 heterocycles. The van der Waals surface area contributed by atoms with Gasteiger partial charge in [-0.05, 0) is 12.1 Å². The van der Waals surface area contributed by atoms with Crippen LogP contribution in [0, 0.1) is 5.21 Å². The Kier molecular flexibility index (Phi) is 1.84. The van der Waals surface area contributed by atoms with Crippen LogP contribution in [0.15, 0.2) is 24.5 Å². The van der Waals surface area contributed by atoms with E-state index >= 15 is 0 Å². The number of pyridine rings is 1. The molecule has 0 aliphatic carbocycles. The van der Waals surface area contributed by atoms with Crippen LogP contribution in [0.3, 0.4) is 0 Å². The first-order valence-electron chi connectivity index (χ1n) is 2.75. The van der Waals surface area contributed by atoms with E-state index < -0.39 is 0 Å². The third-order valence-corrected chi connectivity index (χ3v) is 0.982. The summed E-state index contributed by atoms with van der Waals surface area (Å²) in [6, 6.07) is 3.38. The van der Waals surface area contributed by atoms with E-state index in [1.54, 1.807) is 24.5 Å². The molecular formula is C6H7N3O. The van der Waals surface area contributed by atoms with Crippen LogP contribution in [0.25, 0.3) is 0 Å². The molecule has 2 N–H and O–H groups in total. The molecule has 10 heavy (non-hydrogen) atoms. The molecule has 0 bridgehead atoms. The van der Waals surface area contributed by atoms with Crippen molar-refractivity contribution in [2.24, 2.45) is 5.84 Å². The maximum Gasteiger partial charge on any atom is 0.213 e. The van der Waals surface area contributed by atoms with Gasteiger partial charge in [-0.1, -0.05) is 4.85 Å². The highest BCUT2D eigenvalue weighted by Gasteiger charge is 1.88. The number of rotatable bonds is 1. The maximum atomic E-state index is 10.2. The molecule has 0 aliphatic rings. The number of nitrogens with two attached hydrogens (primary N) is 1. The monoisotopic (exact) mass is 137 g/mol. The minimum atomic E-state index is 0.259. The third-order valence-electron chi connectivity index (χ3n) is 0.982. The van der Waals surface area contributed by atoms with Gasteiger partial charge in [0.15, 0.2) is 0 Å². The van der Waals surface area contributed by atoms with Gasteiger partial charge < -0.3 is 5.21 Å². The van der Waals surface area contributed by atoms with E-state index in [-0.39, 0.29) is 4.85 Å². The minimum Gasteiger partial charge on any atom is -0.597 e. The zero-order valence-electron chi connectivity index (χ0n) is 5.27. The molecule has 0 spiro atoms. The molecule has 0 radical (unpaired) electrons. The van der Waals surface area contributed by atoms with Crippen molar-refractivity contribution in [2.75, 3.05) is 0 Å². The Morgan fingerprint density at radius 2 is 2.10 bits per heavy atom. The lowest BCUT2D eigenvalue weighted by molar-refractivity contribution is -0.463. The van der Waals surface area contributed by atoms with Gasteiger partial charge in [0.1, 0.15) is 0 Å². The predicted octanol–water partition coefficient (Wildman–Crippen LogP) is -0.116. The second kappa shape index (κ2) is 2.82. The van der Waals surface area contributed by atoms with Crippen LogP contribution in [0.2, 0.25) is 0 Å². The Balaban J connectivity index is 2.87. The van der Waals surface area contributed by atoms with E-state index in [9.17, 15) is 5.21 Å². The summed E-state index contributed by atoms with van der Waals surface area (Å²) in [5, 5.41) is 10.2. The highest BCUT2D eigenvalue weighted by atomic mass is 16.5. The van der Waals surface area contributed by atoms with E-state index in [1.807, 2.05) is 0 Å². The van der Waals surface area contributed by atoms with Gasteiger partial charge in [0, 0.05) is 18.0 Å². The topological polar surface area (TPSA) is 65.0 Å². The standard InChI is InChI=1S/C6H7N3O/c7-9(10)5-6-1-3-8-4-2-6/h1-5H,7H2/b9-5+. The van der Waals surface area contributed by atoms with Crippen molar-refractivity contribution in [2.45, 2.75) is 0 Å². The summed E-state index contributed by atoms with van der Waals surface area (Å²) >= 11 is 0. The van der Waals surface area contributed by atoms with E-state index in [0.717, 1.165) is 5.56 Å². The third kappa shape index (κ3) is 1.74. The van der Waals surface area contributed by atoms with Crippen LogP contribution >= 0.6 is 0 Å². The fraction of sp³-hybridized carbons (Fsp3) is 0. The van der Waals surface area contributed by atoms with Gasteiger partial charge in [0.05, 0.1) is 0 Å². The predicted molar refractivity (Wildman–Crippen MR) is 37.2 cm³/mol. The van der Waals surface area contributed by atoms with Gasteiger partial charge in [-0.3, -0.25) is 4.98 Å². The Morgan fingerprint density at radius 3 is 2.60 bits per heavy atom. The average molecular weight is 137 g/mol. The first kappa shape index (κ1) is 6.54. The van der Waals surface area contributed by atoms with Crippen LogP contribution in [0.5, 0.6) is 0 Å². The van der Waals surface area contributed by atoms with Crippen LogP contribution in [-0.4, -0.2) is 16.0 Å². The molecule has 0 saturated heterocycles. The van der Waals surface area contributed by atoms with Crippen molar-refractivity contribution in [3.63, 3.8) is 0 Å². The molecule has 0 fully saturated rings. The number of hydrazone groups is 1. The van der Waals surface area contributed by atoms with E-state index in [2.05, 4.69) is 4.98 Å². The number of aromatic nitrogens is 1. The normalized spacial score (nSPS) is 11.4. The highest BCUT2D eigenvalue weighted by Crippen LogP contribution is 1.89. The summed E-state index contributed by atoms with van der Waals surface area (Å²) in [6.45, 7) is 0. The average Bonchev–Trinajstić information content (AvgIpc) is 1.88. The SMILES string of the molecule is N/[N+]([O-])=C\c1ccncc1. The lowest BCUT2D eigenvalue weighted by Crippen LogP contribution is -2.12. The van der Waals surface area contributed by atoms with Crippen LogP contribution < -0.4 is 5.84 Å². The van der Waals surface area contributed by atoms with Crippen LogP contribution in [0.4, 0.5) is 0 Å². The smallest absolute Gasteiger partial charge is 0.213 e. The summed E-state index contributed by atoms with van der Waals surface area (Å²) < 4.78 is 0. The molecule has 1 rings (SSSR count). The molecule has 4 nitrogen and oxygen atoms in total. The Labute approximate surface area is 58.2 Å². The molecule has 0 amide bonds. The van der Waals surface area contributed by atoms with Gasteiger partial charge >= 0.3 is 0 Å². The molecule has 0 saturated carbocycles. The lowest BCUT2D eigenvalue weighted by Gasteiger charge is -1.91. The summed E-state index contributed by atoms with van der Waals surface area (Å²) in [4.78, 5) is 4.03. The zero-order chi connectivity index (χ0) is 7.40. The van der Waals surface area contributed by atoms with Crippen molar-refractivity contribution in [3.8, 4) is 0 Å². The molecule has 1 aromatic heterocycles. The van der Waals surface area contributed by atoms with Crippen molar-refractivity contribution >= 4 is 6.21 Å². The number of hydrogen-bond donors (Lipinski definition) is 1. The molecule has 0 aliphatic heterocycles. The molecule has 0 aromatic carbocycles. The van der Waals surface area contributed by atoms with Crippen LogP contribution in [0.1, 0.15) is 5.56 Å². The summed E-state index contributed by atoms with van der Waals surface area (Å²) in [7, 11) is 0. The number of hydrogen-bond acceptors (Lipinski definition) is 3. The molecule has 52 valence electrons. The van der Waals surface area contributed by atoms with Gasteiger partial charge in [-0.25, -0.2) is 0 Å². The largest absolute Gasteiger partial charge is 0.597 e. The number of hydrazine groups is 1. The summed E-state index contributed by atoms with van der Waals surface area (Å²) in [5.41, 5.74) is 0.743. The molecule has 4 heteroatoms. The summed E-state index contributed by atoms with van der Waals surface area (Å²) in [6.07, 6.45) is 4.45. The fourth-order valence-corrected chi connectivity index (χ4v) is 0.596. The fourth-order valence-electron chi connectivity index (χ4n) is 0.596. The molecule has 0 atom stereocenters. The zero-order valence-corrected chi connectivity index (χ0v) is 5.27. The first-order valence-corrected chi connectivity index (χ1v) is 2.75. The summed E-state index contributed by atoms with van der Waals surface area (Å²) in [5.74, 6) is 4.83.